The molecule has 0 aromatic heterocycles. The Morgan fingerprint density at radius 3 is 2.81 bits per heavy atom. The van der Waals surface area contributed by atoms with Crippen molar-refractivity contribution in [3.8, 4) is 0 Å². The summed E-state index contributed by atoms with van der Waals surface area (Å²) >= 11 is 0. The molecular formula is C12H23ClN2O. The molecule has 3 atom stereocenters. The number of hydrogen-bond donors (Lipinski definition) is 1. The van der Waals surface area contributed by atoms with E-state index in [9.17, 15) is 4.79 Å². The number of carbonyl (C=O) groups is 1. The van der Waals surface area contributed by atoms with Crippen LogP contribution >= 0.6 is 12.4 Å². The van der Waals surface area contributed by atoms with Gasteiger partial charge in [-0.1, -0.05) is 13.8 Å². The van der Waals surface area contributed by atoms with E-state index in [1.54, 1.807) is 0 Å². The van der Waals surface area contributed by atoms with Gasteiger partial charge in [0.2, 0.25) is 5.91 Å². The monoisotopic (exact) mass is 246 g/mol. The van der Waals surface area contributed by atoms with Crippen LogP contribution < -0.4 is 5.32 Å². The summed E-state index contributed by atoms with van der Waals surface area (Å²) in [6.07, 6.45) is 3.33. The van der Waals surface area contributed by atoms with Crippen LogP contribution in [0.25, 0.3) is 0 Å². The number of halogens is 1. The Morgan fingerprint density at radius 1 is 1.50 bits per heavy atom. The molecule has 0 aromatic carbocycles. The van der Waals surface area contributed by atoms with E-state index in [1.165, 1.54) is 6.42 Å². The van der Waals surface area contributed by atoms with Gasteiger partial charge in [0, 0.05) is 19.1 Å². The Balaban J connectivity index is 0.00000128. The second-order valence-electron chi connectivity index (χ2n) is 5.08. The van der Waals surface area contributed by atoms with E-state index < -0.39 is 0 Å². The van der Waals surface area contributed by atoms with E-state index in [0.717, 1.165) is 32.5 Å². The van der Waals surface area contributed by atoms with Gasteiger partial charge < -0.3 is 10.2 Å². The van der Waals surface area contributed by atoms with Crippen molar-refractivity contribution >= 4 is 18.3 Å². The minimum atomic E-state index is 0. The maximum Gasteiger partial charge on any atom is 0.227 e. The van der Waals surface area contributed by atoms with Crippen LogP contribution in [-0.2, 0) is 4.79 Å². The molecular weight excluding hydrogens is 224 g/mol. The minimum absolute atomic E-state index is 0. The Bertz CT molecular complexity index is 241. The molecule has 1 N–H and O–H groups in total. The molecule has 3 nitrogen and oxygen atoms in total. The summed E-state index contributed by atoms with van der Waals surface area (Å²) in [4.78, 5) is 14.4. The SMILES string of the molecule is CCC1CC(C)CN1C(=O)[C@H]1CCNC1.Cl. The molecule has 16 heavy (non-hydrogen) atoms. The van der Waals surface area contributed by atoms with Gasteiger partial charge in [0.1, 0.15) is 0 Å². The molecule has 94 valence electrons. The standard InChI is InChI=1S/C12H22N2O.ClH/c1-3-11-6-9(2)8-14(11)12(15)10-4-5-13-7-10;/h9-11,13H,3-8H2,1-2H3;1H/t9?,10-,11?;/m0./s1. The van der Waals surface area contributed by atoms with Crippen molar-refractivity contribution in [2.45, 2.75) is 39.2 Å². The van der Waals surface area contributed by atoms with Crippen molar-refractivity contribution in [1.29, 1.82) is 0 Å². The topological polar surface area (TPSA) is 32.3 Å². The summed E-state index contributed by atoms with van der Waals surface area (Å²) in [5, 5.41) is 3.27. The fraction of sp³-hybridized carbons (Fsp3) is 0.917. The quantitative estimate of drug-likeness (QED) is 0.804. The summed E-state index contributed by atoms with van der Waals surface area (Å²) in [6, 6.07) is 0.507. The molecule has 1 amide bonds. The third kappa shape index (κ3) is 2.69. The minimum Gasteiger partial charge on any atom is -0.339 e. The highest BCUT2D eigenvalue weighted by atomic mass is 35.5. The number of hydrogen-bond acceptors (Lipinski definition) is 2. The van der Waals surface area contributed by atoms with Crippen molar-refractivity contribution < 1.29 is 4.79 Å². The average molecular weight is 247 g/mol. The maximum atomic E-state index is 12.2. The van der Waals surface area contributed by atoms with Crippen LogP contribution in [0, 0.1) is 11.8 Å². The smallest absolute Gasteiger partial charge is 0.227 e. The first kappa shape index (κ1) is 13.8. The molecule has 0 saturated carbocycles. The summed E-state index contributed by atoms with van der Waals surface area (Å²) < 4.78 is 0. The van der Waals surface area contributed by atoms with E-state index in [0.29, 0.717) is 17.9 Å². The zero-order valence-corrected chi connectivity index (χ0v) is 11.1. The van der Waals surface area contributed by atoms with Crippen LogP contribution in [0.5, 0.6) is 0 Å². The average Bonchev–Trinajstić information content (AvgIpc) is 2.84. The van der Waals surface area contributed by atoms with Crippen molar-refractivity contribution in [1.82, 2.24) is 10.2 Å². The molecule has 0 aromatic rings. The number of nitrogens with one attached hydrogen (secondary N) is 1. The highest BCUT2D eigenvalue weighted by Crippen LogP contribution is 2.27. The number of amides is 1. The van der Waals surface area contributed by atoms with E-state index in [-0.39, 0.29) is 18.3 Å². The molecule has 0 spiro atoms. The second kappa shape index (κ2) is 5.87. The molecule has 2 unspecified atom stereocenters. The first-order valence-corrected chi connectivity index (χ1v) is 6.23. The largest absolute Gasteiger partial charge is 0.339 e. The van der Waals surface area contributed by atoms with Gasteiger partial charge in [-0.2, -0.15) is 0 Å². The number of rotatable bonds is 2. The lowest BCUT2D eigenvalue weighted by Gasteiger charge is -2.26. The summed E-state index contributed by atoms with van der Waals surface area (Å²) in [6.45, 7) is 7.32. The van der Waals surface area contributed by atoms with Gasteiger partial charge in [0.05, 0.1) is 5.92 Å². The van der Waals surface area contributed by atoms with Gasteiger partial charge in [-0.25, -0.2) is 0 Å². The molecule has 2 fully saturated rings. The highest BCUT2D eigenvalue weighted by Gasteiger charge is 2.35. The maximum absolute atomic E-state index is 12.2. The number of likely N-dealkylation sites (tertiary alicyclic amines) is 1. The van der Waals surface area contributed by atoms with Crippen LogP contribution in [0.2, 0.25) is 0 Å². The van der Waals surface area contributed by atoms with Crippen molar-refractivity contribution in [2.24, 2.45) is 11.8 Å². The Morgan fingerprint density at radius 2 is 2.25 bits per heavy atom. The van der Waals surface area contributed by atoms with Crippen LogP contribution in [0.15, 0.2) is 0 Å². The molecule has 2 rings (SSSR count). The lowest BCUT2D eigenvalue weighted by atomic mass is 10.1. The van der Waals surface area contributed by atoms with Crippen LogP contribution in [0.4, 0.5) is 0 Å². The van der Waals surface area contributed by atoms with Crippen LogP contribution in [0.1, 0.15) is 33.1 Å². The summed E-state index contributed by atoms with van der Waals surface area (Å²) in [5.74, 6) is 1.34. The van der Waals surface area contributed by atoms with Gasteiger partial charge in [0.25, 0.3) is 0 Å². The van der Waals surface area contributed by atoms with E-state index in [4.69, 9.17) is 0 Å². The van der Waals surface area contributed by atoms with Gasteiger partial charge >= 0.3 is 0 Å². The van der Waals surface area contributed by atoms with Gasteiger partial charge in [-0.15, -0.1) is 12.4 Å². The third-order valence-corrected chi connectivity index (χ3v) is 3.79. The Labute approximate surface area is 104 Å². The first-order chi connectivity index (χ1) is 7.22. The number of carbonyl (C=O) groups excluding carboxylic acids is 1. The molecule has 2 aliphatic rings. The zero-order chi connectivity index (χ0) is 10.8. The molecule has 2 aliphatic heterocycles. The van der Waals surface area contributed by atoms with E-state index >= 15 is 0 Å². The summed E-state index contributed by atoms with van der Waals surface area (Å²) in [5.41, 5.74) is 0. The predicted octanol–water partition coefficient (Wildman–Crippen LogP) is 1.66. The Kier molecular flexibility index (Phi) is 5.06. The highest BCUT2D eigenvalue weighted by molar-refractivity contribution is 5.85. The molecule has 0 bridgehead atoms. The fourth-order valence-electron chi connectivity index (χ4n) is 2.91. The zero-order valence-electron chi connectivity index (χ0n) is 10.2. The molecule has 0 aliphatic carbocycles. The van der Waals surface area contributed by atoms with E-state index in [2.05, 4.69) is 24.1 Å². The van der Waals surface area contributed by atoms with Crippen molar-refractivity contribution in [3.63, 3.8) is 0 Å². The van der Waals surface area contributed by atoms with Crippen molar-refractivity contribution in [3.05, 3.63) is 0 Å². The molecule has 4 heteroatoms. The predicted molar refractivity (Wildman–Crippen MR) is 67.8 cm³/mol. The van der Waals surface area contributed by atoms with Gasteiger partial charge in [0.15, 0.2) is 0 Å². The molecule has 2 saturated heterocycles. The van der Waals surface area contributed by atoms with Gasteiger partial charge in [-0.05, 0) is 31.7 Å². The second-order valence-corrected chi connectivity index (χ2v) is 5.08. The third-order valence-electron chi connectivity index (χ3n) is 3.79. The van der Waals surface area contributed by atoms with Gasteiger partial charge in [-0.3, -0.25) is 4.79 Å². The Hall–Kier alpha value is -0.280. The lowest BCUT2D eigenvalue weighted by molar-refractivity contribution is -0.135. The summed E-state index contributed by atoms with van der Waals surface area (Å²) in [7, 11) is 0. The molecule has 2 heterocycles. The number of nitrogens with zero attached hydrogens (tertiary/aromatic N) is 1. The van der Waals surface area contributed by atoms with E-state index in [1.807, 2.05) is 0 Å². The first-order valence-electron chi connectivity index (χ1n) is 6.23. The van der Waals surface area contributed by atoms with Crippen LogP contribution in [0.3, 0.4) is 0 Å². The normalized spacial score (nSPS) is 33.9. The van der Waals surface area contributed by atoms with Crippen LogP contribution in [-0.4, -0.2) is 36.5 Å². The van der Waals surface area contributed by atoms with Crippen molar-refractivity contribution in [2.75, 3.05) is 19.6 Å². The lowest BCUT2D eigenvalue weighted by Crippen LogP contribution is -2.40. The molecule has 0 radical (unpaired) electrons. The fourth-order valence-corrected chi connectivity index (χ4v) is 2.91.